The standard InChI is InChI=1S/C25H34N6O3S/c1-4-5-6-24(30-17-15-29(16-18-30)21-9-11-22(34-3)12-10-21)25-26-27-28-31(25)19-35(32,33)23-13-7-20(2)8-14-23/h7-14,24H,4-6,15-19H2,1-3H3. The maximum atomic E-state index is 13.1. The zero-order chi connectivity index (χ0) is 24.8. The molecule has 0 N–H and O–H groups in total. The average molecular weight is 499 g/mol. The van der Waals surface area contributed by atoms with Gasteiger partial charge in [0, 0.05) is 31.9 Å². The van der Waals surface area contributed by atoms with E-state index in [1.54, 1.807) is 31.4 Å². The van der Waals surface area contributed by atoms with Crippen LogP contribution in [0.3, 0.4) is 0 Å². The number of hydrogen-bond donors (Lipinski definition) is 0. The van der Waals surface area contributed by atoms with Crippen LogP contribution < -0.4 is 9.64 Å². The predicted octanol–water partition coefficient (Wildman–Crippen LogP) is 3.48. The van der Waals surface area contributed by atoms with Crippen molar-refractivity contribution in [1.82, 2.24) is 25.1 Å². The summed E-state index contributed by atoms with van der Waals surface area (Å²) >= 11 is 0. The summed E-state index contributed by atoms with van der Waals surface area (Å²) in [5, 5.41) is 12.2. The van der Waals surface area contributed by atoms with E-state index in [1.807, 2.05) is 19.1 Å². The second-order valence-corrected chi connectivity index (χ2v) is 10.9. The molecule has 0 radical (unpaired) electrons. The first kappa shape index (κ1) is 25.1. The van der Waals surface area contributed by atoms with Crippen LogP contribution in [-0.2, 0) is 15.7 Å². The van der Waals surface area contributed by atoms with Gasteiger partial charge in [-0.25, -0.2) is 13.1 Å². The van der Waals surface area contributed by atoms with E-state index in [1.165, 1.54) is 10.4 Å². The molecule has 3 aromatic rings. The lowest BCUT2D eigenvalue weighted by Gasteiger charge is -2.39. The number of aryl methyl sites for hydroxylation is 1. The summed E-state index contributed by atoms with van der Waals surface area (Å²) in [7, 11) is -1.90. The van der Waals surface area contributed by atoms with Crippen LogP contribution in [0.4, 0.5) is 5.69 Å². The van der Waals surface area contributed by atoms with Crippen molar-refractivity contribution in [3.63, 3.8) is 0 Å². The minimum Gasteiger partial charge on any atom is -0.497 e. The lowest BCUT2D eigenvalue weighted by Crippen LogP contribution is -2.48. The Bertz CT molecular complexity index is 1190. The van der Waals surface area contributed by atoms with Crippen LogP contribution in [0.2, 0.25) is 0 Å². The van der Waals surface area contributed by atoms with Gasteiger partial charge in [0.05, 0.1) is 18.0 Å². The first-order valence-corrected chi connectivity index (χ1v) is 13.7. The molecule has 188 valence electrons. The molecule has 1 aliphatic heterocycles. The van der Waals surface area contributed by atoms with Gasteiger partial charge in [-0.15, -0.1) is 5.10 Å². The first-order valence-electron chi connectivity index (χ1n) is 12.1. The van der Waals surface area contributed by atoms with Gasteiger partial charge in [0.2, 0.25) is 0 Å². The number of hydrogen-bond acceptors (Lipinski definition) is 8. The maximum absolute atomic E-state index is 13.1. The van der Waals surface area contributed by atoms with E-state index in [9.17, 15) is 8.42 Å². The second-order valence-electron chi connectivity index (χ2n) is 8.97. The molecule has 35 heavy (non-hydrogen) atoms. The Kier molecular flexibility index (Phi) is 8.02. The highest BCUT2D eigenvalue weighted by molar-refractivity contribution is 7.90. The van der Waals surface area contributed by atoms with Gasteiger partial charge in [0.15, 0.2) is 21.5 Å². The van der Waals surface area contributed by atoms with Gasteiger partial charge >= 0.3 is 0 Å². The van der Waals surface area contributed by atoms with Crippen molar-refractivity contribution in [3.05, 3.63) is 59.9 Å². The number of anilines is 1. The minimum absolute atomic E-state index is 0.0313. The molecular formula is C25H34N6O3S. The van der Waals surface area contributed by atoms with E-state index >= 15 is 0 Å². The van der Waals surface area contributed by atoms with Crippen molar-refractivity contribution >= 4 is 15.5 Å². The van der Waals surface area contributed by atoms with E-state index < -0.39 is 9.84 Å². The molecule has 0 saturated carbocycles. The number of benzene rings is 2. The van der Waals surface area contributed by atoms with Crippen LogP contribution in [0, 0.1) is 6.92 Å². The molecule has 1 aliphatic rings. The summed E-state index contributed by atoms with van der Waals surface area (Å²) in [6.45, 7) is 7.53. The number of nitrogens with zero attached hydrogens (tertiary/aromatic N) is 6. The summed E-state index contributed by atoms with van der Waals surface area (Å²) in [6.07, 6.45) is 2.94. The summed E-state index contributed by atoms with van der Waals surface area (Å²) in [4.78, 5) is 5.02. The molecule has 2 heterocycles. The number of rotatable bonds is 10. The molecule has 4 rings (SSSR count). The molecule has 0 amide bonds. The third kappa shape index (κ3) is 5.99. The fraction of sp³-hybridized carbons (Fsp3) is 0.480. The van der Waals surface area contributed by atoms with E-state index in [0.717, 1.165) is 56.8 Å². The average Bonchev–Trinajstić information content (AvgIpc) is 3.32. The highest BCUT2D eigenvalue weighted by Crippen LogP contribution is 2.28. The molecule has 0 bridgehead atoms. The molecule has 1 fully saturated rings. The van der Waals surface area contributed by atoms with Crippen LogP contribution in [0.5, 0.6) is 5.75 Å². The van der Waals surface area contributed by atoms with Crippen LogP contribution in [0.25, 0.3) is 0 Å². The van der Waals surface area contributed by atoms with Gasteiger partial charge in [0.25, 0.3) is 0 Å². The number of unbranched alkanes of at least 4 members (excludes halogenated alkanes) is 1. The smallest absolute Gasteiger partial charge is 0.198 e. The van der Waals surface area contributed by atoms with Crippen LogP contribution in [0.15, 0.2) is 53.4 Å². The fourth-order valence-electron chi connectivity index (χ4n) is 4.48. The largest absolute Gasteiger partial charge is 0.497 e. The van der Waals surface area contributed by atoms with E-state index in [-0.39, 0.29) is 16.8 Å². The molecule has 10 heteroatoms. The maximum Gasteiger partial charge on any atom is 0.198 e. The van der Waals surface area contributed by atoms with E-state index in [0.29, 0.717) is 5.82 Å². The van der Waals surface area contributed by atoms with Crippen LogP contribution in [-0.4, -0.2) is 66.8 Å². The number of ether oxygens (including phenoxy) is 1. The molecule has 1 atom stereocenters. The first-order chi connectivity index (χ1) is 16.9. The summed E-state index contributed by atoms with van der Waals surface area (Å²) in [6, 6.07) is 15.0. The Morgan fingerprint density at radius 1 is 1.00 bits per heavy atom. The normalized spacial score (nSPS) is 15.8. The highest BCUT2D eigenvalue weighted by Gasteiger charge is 2.30. The van der Waals surface area contributed by atoms with Gasteiger partial charge in [-0.1, -0.05) is 37.5 Å². The third-order valence-electron chi connectivity index (χ3n) is 6.55. The zero-order valence-electron chi connectivity index (χ0n) is 20.7. The Balaban J connectivity index is 1.49. The van der Waals surface area contributed by atoms with Crippen molar-refractivity contribution in [2.24, 2.45) is 0 Å². The summed E-state index contributed by atoms with van der Waals surface area (Å²) in [5.41, 5.74) is 2.19. The van der Waals surface area contributed by atoms with Crippen LogP contribution in [0.1, 0.15) is 43.6 Å². The Morgan fingerprint density at radius 2 is 1.69 bits per heavy atom. The number of aromatic nitrogens is 4. The minimum atomic E-state index is -3.57. The van der Waals surface area contributed by atoms with Gasteiger partial charge in [-0.3, -0.25) is 4.90 Å². The lowest BCUT2D eigenvalue weighted by molar-refractivity contribution is 0.163. The van der Waals surface area contributed by atoms with Crippen molar-refractivity contribution in [2.45, 2.75) is 49.9 Å². The predicted molar refractivity (Wildman–Crippen MR) is 135 cm³/mol. The number of piperazine rings is 1. The second kappa shape index (κ2) is 11.2. The molecular weight excluding hydrogens is 464 g/mol. The zero-order valence-corrected chi connectivity index (χ0v) is 21.5. The van der Waals surface area contributed by atoms with Crippen molar-refractivity contribution in [2.75, 3.05) is 38.2 Å². The van der Waals surface area contributed by atoms with Crippen molar-refractivity contribution in [1.29, 1.82) is 0 Å². The third-order valence-corrected chi connectivity index (χ3v) is 8.13. The monoisotopic (exact) mass is 498 g/mol. The molecule has 1 aromatic heterocycles. The molecule has 0 aliphatic carbocycles. The molecule has 9 nitrogen and oxygen atoms in total. The van der Waals surface area contributed by atoms with Gasteiger partial charge in [-0.05, 0) is 60.2 Å². The summed E-state index contributed by atoms with van der Waals surface area (Å²) in [5.74, 6) is 1.19. The quantitative estimate of drug-likeness (QED) is 0.419. The number of tetrazole rings is 1. The number of methoxy groups -OCH3 is 1. The van der Waals surface area contributed by atoms with E-state index in [4.69, 9.17) is 4.74 Å². The molecule has 1 unspecified atom stereocenters. The van der Waals surface area contributed by atoms with Gasteiger partial charge in [-0.2, -0.15) is 0 Å². The Labute approximate surface area is 207 Å². The summed E-state index contributed by atoms with van der Waals surface area (Å²) < 4.78 is 32.9. The topological polar surface area (TPSA) is 93.5 Å². The van der Waals surface area contributed by atoms with Crippen LogP contribution >= 0.6 is 0 Å². The lowest BCUT2D eigenvalue weighted by atomic mass is 10.1. The Morgan fingerprint density at radius 3 is 2.31 bits per heavy atom. The fourth-order valence-corrected chi connectivity index (χ4v) is 5.69. The van der Waals surface area contributed by atoms with E-state index in [2.05, 4.69) is 44.4 Å². The number of sulfone groups is 1. The Hall–Kier alpha value is -2.98. The SMILES string of the molecule is CCCCC(c1nnnn1CS(=O)(=O)c1ccc(C)cc1)N1CCN(c2ccc(OC)cc2)CC1. The highest BCUT2D eigenvalue weighted by atomic mass is 32.2. The van der Waals surface area contributed by atoms with Gasteiger partial charge in [0.1, 0.15) is 5.75 Å². The van der Waals surface area contributed by atoms with Crippen molar-refractivity contribution in [3.8, 4) is 5.75 Å². The molecule has 2 aromatic carbocycles. The molecule has 0 spiro atoms. The molecule has 1 saturated heterocycles. The van der Waals surface area contributed by atoms with Gasteiger partial charge < -0.3 is 9.64 Å². The van der Waals surface area contributed by atoms with Crippen molar-refractivity contribution < 1.29 is 13.2 Å².